The highest BCUT2D eigenvalue weighted by Gasteiger charge is 2.24. The molecule has 1 amide bonds. The molecule has 18 heavy (non-hydrogen) atoms. The van der Waals surface area contributed by atoms with Gasteiger partial charge in [0.2, 0.25) is 5.95 Å². The Bertz CT molecular complexity index is 432. The van der Waals surface area contributed by atoms with Crippen molar-refractivity contribution in [1.82, 2.24) is 15.3 Å². The summed E-state index contributed by atoms with van der Waals surface area (Å²) in [4.78, 5) is 20.3. The van der Waals surface area contributed by atoms with E-state index in [4.69, 9.17) is 4.74 Å². The molecule has 2 rings (SSSR count). The van der Waals surface area contributed by atoms with Gasteiger partial charge in [-0.1, -0.05) is 0 Å². The van der Waals surface area contributed by atoms with Gasteiger partial charge in [-0.25, -0.2) is 9.97 Å². The summed E-state index contributed by atoms with van der Waals surface area (Å²) in [6, 6.07) is 2.02. The van der Waals surface area contributed by atoms with Crippen LogP contribution in [0.25, 0.3) is 0 Å². The van der Waals surface area contributed by atoms with Gasteiger partial charge in [0.05, 0.1) is 6.61 Å². The summed E-state index contributed by atoms with van der Waals surface area (Å²) in [5, 5.41) is 5.93. The lowest BCUT2D eigenvalue weighted by Gasteiger charge is -2.08. The molecule has 6 heteroatoms. The summed E-state index contributed by atoms with van der Waals surface area (Å²) >= 11 is 0. The van der Waals surface area contributed by atoms with Crippen molar-refractivity contribution in [2.45, 2.75) is 25.8 Å². The van der Waals surface area contributed by atoms with E-state index in [0.717, 1.165) is 18.5 Å². The zero-order valence-electron chi connectivity index (χ0n) is 10.7. The molecule has 0 aromatic carbocycles. The van der Waals surface area contributed by atoms with E-state index in [-0.39, 0.29) is 5.91 Å². The van der Waals surface area contributed by atoms with Crippen LogP contribution in [0.4, 0.5) is 5.95 Å². The molecule has 1 fully saturated rings. The van der Waals surface area contributed by atoms with E-state index >= 15 is 0 Å². The van der Waals surface area contributed by atoms with E-state index in [1.165, 1.54) is 0 Å². The number of carbonyl (C=O) groups is 1. The van der Waals surface area contributed by atoms with Gasteiger partial charge in [0.25, 0.3) is 5.91 Å². The van der Waals surface area contributed by atoms with Crippen molar-refractivity contribution in [3.63, 3.8) is 0 Å². The summed E-state index contributed by atoms with van der Waals surface area (Å²) in [6.07, 6.45) is 2.13. The first-order chi connectivity index (χ1) is 8.69. The number of carbonyl (C=O) groups excluding carboxylic acids is 1. The molecule has 0 bridgehead atoms. The van der Waals surface area contributed by atoms with Gasteiger partial charge in [-0.2, -0.15) is 0 Å². The Labute approximate surface area is 106 Å². The number of ether oxygens (including phenoxy) is 1. The standard InChI is InChI=1S/C12H18N4O2/c1-8-7-10(11(17)15-9-3-4-9)16-12(14-8)13-5-6-18-2/h7,9H,3-6H2,1-2H3,(H,15,17)(H,13,14,16). The molecule has 0 spiro atoms. The average molecular weight is 250 g/mol. The molecule has 1 saturated carbocycles. The van der Waals surface area contributed by atoms with Crippen molar-refractivity contribution in [2.75, 3.05) is 25.6 Å². The van der Waals surface area contributed by atoms with Crippen molar-refractivity contribution in [1.29, 1.82) is 0 Å². The minimum atomic E-state index is -0.127. The lowest BCUT2D eigenvalue weighted by atomic mass is 10.3. The summed E-state index contributed by atoms with van der Waals surface area (Å²) in [6.45, 7) is 3.03. The second kappa shape index (κ2) is 5.77. The Morgan fingerprint density at radius 1 is 1.50 bits per heavy atom. The Hall–Kier alpha value is -1.69. The Morgan fingerprint density at radius 3 is 2.94 bits per heavy atom. The summed E-state index contributed by atoms with van der Waals surface area (Å²) in [5.74, 6) is 0.339. The number of hydrogen-bond donors (Lipinski definition) is 2. The van der Waals surface area contributed by atoms with Gasteiger partial charge in [0, 0.05) is 25.4 Å². The highest BCUT2D eigenvalue weighted by molar-refractivity contribution is 5.93. The smallest absolute Gasteiger partial charge is 0.270 e. The van der Waals surface area contributed by atoms with E-state index in [2.05, 4.69) is 20.6 Å². The van der Waals surface area contributed by atoms with E-state index in [1.807, 2.05) is 6.92 Å². The van der Waals surface area contributed by atoms with E-state index in [0.29, 0.717) is 30.8 Å². The Balaban J connectivity index is 2.02. The van der Waals surface area contributed by atoms with Crippen LogP contribution in [0, 0.1) is 6.92 Å². The highest BCUT2D eigenvalue weighted by Crippen LogP contribution is 2.19. The molecule has 1 aromatic heterocycles. The molecule has 0 saturated heterocycles. The minimum Gasteiger partial charge on any atom is -0.383 e. The lowest BCUT2D eigenvalue weighted by Crippen LogP contribution is -2.27. The summed E-state index contributed by atoms with van der Waals surface area (Å²) in [5.41, 5.74) is 1.18. The van der Waals surface area contributed by atoms with Crippen LogP contribution in [-0.4, -0.2) is 42.2 Å². The first kappa shape index (κ1) is 12.8. The van der Waals surface area contributed by atoms with Crippen molar-refractivity contribution in [2.24, 2.45) is 0 Å². The van der Waals surface area contributed by atoms with Crippen molar-refractivity contribution >= 4 is 11.9 Å². The molecule has 0 unspecified atom stereocenters. The summed E-state index contributed by atoms with van der Waals surface area (Å²) in [7, 11) is 1.63. The number of methoxy groups -OCH3 is 1. The number of anilines is 1. The van der Waals surface area contributed by atoms with E-state index in [1.54, 1.807) is 13.2 Å². The predicted octanol–water partition coefficient (Wildman–Crippen LogP) is 0.736. The molecule has 1 aliphatic carbocycles. The largest absolute Gasteiger partial charge is 0.383 e. The van der Waals surface area contributed by atoms with Crippen LogP contribution < -0.4 is 10.6 Å². The minimum absolute atomic E-state index is 0.127. The molecule has 0 radical (unpaired) electrons. The molecular formula is C12H18N4O2. The third kappa shape index (κ3) is 3.66. The first-order valence-electron chi connectivity index (χ1n) is 6.08. The van der Waals surface area contributed by atoms with E-state index in [9.17, 15) is 4.79 Å². The van der Waals surface area contributed by atoms with Crippen LogP contribution in [0.15, 0.2) is 6.07 Å². The van der Waals surface area contributed by atoms with Crippen molar-refractivity contribution < 1.29 is 9.53 Å². The summed E-state index contributed by atoms with van der Waals surface area (Å²) < 4.78 is 4.94. The topological polar surface area (TPSA) is 76.1 Å². The quantitative estimate of drug-likeness (QED) is 0.728. The lowest BCUT2D eigenvalue weighted by molar-refractivity contribution is 0.0946. The fourth-order valence-corrected chi connectivity index (χ4v) is 1.52. The van der Waals surface area contributed by atoms with Crippen LogP contribution >= 0.6 is 0 Å². The number of aryl methyl sites for hydroxylation is 1. The SMILES string of the molecule is COCCNc1nc(C)cc(C(=O)NC2CC2)n1. The maximum Gasteiger partial charge on any atom is 0.270 e. The molecule has 98 valence electrons. The molecule has 1 aliphatic rings. The van der Waals surface area contributed by atoms with Crippen LogP contribution in [0.1, 0.15) is 29.0 Å². The van der Waals surface area contributed by atoms with Crippen molar-refractivity contribution in [3.05, 3.63) is 17.5 Å². The Kier molecular flexibility index (Phi) is 4.09. The number of aromatic nitrogens is 2. The average Bonchev–Trinajstić information content (AvgIpc) is 3.12. The van der Waals surface area contributed by atoms with Crippen LogP contribution in [-0.2, 0) is 4.74 Å². The van der Waals surface area contributed by atoms with Gasteiger partial charge in [-0.15, -0.1) is 0 Å². The Morgan fingerprint density at radius 2 is 2.28 bits per heavy atom. The molecule has 6 nitrogen and oxygen atoms in total. The third-order valence-corrected chi connectivity index (χ3v) is 2.59. The van der Waals surface area contributed by atoms with Gasteiger partial charge >= 0.3 is 0 Å². The molecule has 0 aliphatic heterocycles. The fraction of sp³-hybridized carbons (Fsp3) is 0.583. The zero-order chi connectivity index (χ0) is 13.0. The number of hydrogen-bond acceptors (Lipinski definition) is 5. The van der Waals surface area contributed by atoms with Gasteiger partial charge < -0.3 is 15.4 Å². The maximum atomic E-state index is 11.9. The number of amides is 1. The fourth-order valence-electron chi connectivity index (χ4n) is 1.52. The third-order valence-electron chi connectivity index (χ3n) is 2.59. The maximum absolute atomic E-state index is 11.9. The number of nitrogens with zero attached hydrogens (tertiary/aromatic N) is 2. The number of rotatable bonds is 6. The van der Waals surface area contributed by atoms with Crippen LogP contribution in [0.2, 0.25) is 0 Å². The first-order valence-corrected chi connectivity index (χ1v) is 6.08. The van der Waals surface area contributed by atoms with Crippen molar-refractivity contribution in [3.8, 4) is 0 Å². The highest BCUT2D eigenvalue weighted by atomic mass is 16.5. The van der Waals surface area contributed by atoms with Gasteiger partial charge in [0.15, 0.2) is 0 Å². The molecule has 0 atom stereocenters. The zero-order valence-corrected chi connectivity index (χ0v) is 10.7. The van der Waals surface area contributed by atoms with Crippen LogP contribution in [0.5, 0.6) is 0 Å². The second-order valence-corrected chi connectivity index (χ2v) is 4.39. The molecule has 1 heterocycles. The molecule has 2 N–H and O–H groups in total. The van der Waals surface area contributed by atoms with E-state index < -0.39 is 0 Å². The van der Waals surface area contributed by atoms with Gasteiger partial charge in [-0.3, -0.25) is 4.79 Å². The molecular weight excluding hydrogens is 232 g/mol. The normalized spacial score (nSPS) is 14.3. The van der Waals surface area contributed by atoms with Gasteiger partial charge in [-0.05, 0) is 25.8 Å². The second-order valence-electron chi connectivity index (χ2n) is 4.39. The monoisotopic (exact) mass is 250 g/mol. The number of nitrogens with one attached hydrogen (secondary N) is 2. The van der Waals surface area contributed by atoms with Crippen LogP contribution in [0.3, 0.4) is 0 Å². The molecule has 1 aromatic rings. The van der Waals surface area contributed by atoms with Gasteiger partial charge in [0.1, 0.15) is 5.69 Å². The predicted molar refractivity (Wildman–Crippen MR) is 67.6 cm³/mol.